The fraction of sp³-hybridized carbons (Fsp3) is 0.364. The molecule has 0 spiro atoms. The molecular weight excluding hydrogens is 304 g/mol. The number of amides is 1. The normalized spacial score (nSPS) is 12.1. The molecule has 1 aromatic rings. The molecule has 1 rings (SSSR count). The molecule has 0 radical (unpaired) electrons. The zero-order chi connectivity index (χ0) is 15.4. The molecular formula is C11H16N2O5S2. The van der Waals surface area contributed by atoms with Crippen molar-refractivity contribution in [3.8, 4) is 0 Å². The number of sulfone groups is 1. The molecule has 0 heterocycles. The van der Waals surface area contributed by atoms with Crippen molar-refractivity contribution < 1.29 is 21.6 Å². The Kier molecular flexibility index (Phi) is 5.26. The van der Waals surface area contributed by atoms with Crippen LogP contribution in [0.1, 0.15) is 12.0 Å². The lowest BCUT2D eigenvalue weighted by Gasteiger charge is -2.05. The molecule has 0 saturated heterocycles. The number of primary sulfonamides is 1. The van der Waals surface area contributed by atoms with Crippen molar-refractivity contribution in [2.75, 3.05) is 12.0 Å². The molecule has 0 aromatic heterocycles. The second-order valence-corrected chi connectivity index (χ2v) is 8.17. The summed E-state index contributed by atoms with van der Waals surface area (Å²) < 4.78 is 43.9. The topological polar surface area (TPSA) is 123 Å². The van der Waals surface area contributed by atoms with E-state index in [1.54, 1.807) is 0 Å². The van der Waals surface area contributed by atoms with E-state index in [0.717, 1.165) is 6.26 Å². The number of carbonyl (C=O) groups is 1. The quantitative estimate of drug-likeness (QED) is 0.723. The Hall–Kier alpha value is -1.45. The number of carbonyl (C=O) groups excluding carboxylic acids is 1. The van der Waals surface area contributed by atoms with Crippen molar-refractivity contribution in [2.45, 2.75) is 17.9 Å². The van der Waals surface area contributed by atoms with Gasteiger partial charge >= 0.3 is 0 Å². The SMILES string of the molecule is CS(=O)(=O)CCC(=O)NCc1ccc(S(N)(=O)=O)cc1. The Labute approximate surface area is 118 Å². The number of benzene rings is 1. The van der Waals surface area contributed by atoms with Crippen LogP contribution in [0.3, 0.4) is 0 Å². The van der Waals surface area contributed by atoms with Crippen LogP contribution in [0.2, 0.25) is 0 Å². The fourth-order valence-electron chi connectivity index (χ4n) is 1.36. The molecule has 3 N–H and O–H groups in total. The van der Waals surface area contributed by atoms with Crippen LogP contribution in [0.25, 0.3) is 0 Å². The standard InChI is InChI=1S/C11H16N2O5S2/c1-19(15,16)7-6-11(14)13-8-9-2-4-10(5-3-9)20(12,17)18/h2-5H,6-8H2,1H3,(H,13,14)(H2,12,17,18). The third kappa shape index (κ3) is 6.13. The van der Waals surface area contributed by atoms with E-state index in [-0.39, 0.29) is 29.5 Å². The van der Waals surface area contributed by atoms with Crippen LogP contribution in [0.5, 0.6) is 0 Å². The van der Waals surface area contributed by atoms with Gasteiger partial charge in [-0.05, 0) is 17.7 Å². The van der Waals surface area contributed by atoms with E-state index in [9.17, 15) is 21.6 Å². The lowest BCUT2D eigenvalue weighted by atomic mass is 10.2. The largest absolute Gasteiger partial charge is 0.352 e. The van der Waals surface area contributed by atoms with E-state index < -0.39 is 19.9 Å². The van der Waals surface area contributed by atoms with Gasteiger partial charge in [-0.1, -0.05) is 12.1 Å². The smallest absolute Gasteiger partial charge is 0.238 e. The molecule has 112 valence electrons. The molecule has 0 aliphatic heterocycles. The van der Waals surface area contributed by atoms with Gasteiger partial charge < -0.3 is 5.32 Å². The Balaban J connectivity index is 2.52. The van der Waals surface area contributed by atoms with Crippen molar-refractivity contribution in [3.63, 3.8) is 0 Å². The summed E-state index contributed by atoms with van der Waals surface area (Å²) in [4.78, 5) is 11.4. The molecule has 7 nitrogen and oxygen atoms in total. The highest BCUT2D eigenvalue weighted by molar-refractivity contribution is 7.90. The second kappa shape index (κ2) is 6.33. The first-order chi connectivity index (χ1) is 9.08. The number of nitrogens with two attached hydrogens (primary N) is 1. The zero-order valence-corrected chi connectivity index (χ0v) is 12.5. The first-order valence-electron chi connectivity index (χ1n) is 5.64. The summed E-state index contributed by atoms with van der Waals surface area (Å²) in [5, 5.41) is 7.50. The van der Waals surface area contributed by atoms with Gasteiger partial charge in [0.2, 0.25) is 15.9 Å². The van der Waals surface area contributed by atoms with Crippen molar-refractivity contribution in [1.29, 1.82) is 0 Å². The van der Waals surface area contributed by atoms with Gasteiger partial charge in [-0.3, -0.25) is 4.79 Å². The Bertz CT molecular complexity index is 678. The number of sulfonamides is 1. The lowest BCUT2D eigenvalue weighted by molar-refractivity contribution is -0.120. The molecule has 20 heavy (non-hydrogen) atoms. The van der Waals surface area contributed by atoms with Crippen LogP contribution in [0.15, 0.2) is 29.2 Å². The summed E-state index contributed by atoms with van der Waals surface area (Å²) in [6, 6.07) is 5.73. The first-order valence-corrected chi connectivity index (χ1v) is 9.25. The van der Waals surface area contributed by atoms with Crippen molar-refractivity contribution >= 4 is 25.8 Å². The highest BCUT2D eigenvalue weighted by Crippen LogP contribution is 2.08. The molecule has 0 atom stereocenters. The van der Waals surface area contributed by atoms with Gasteiger partial charge in [0, 0.05) is 19.2 Å². The summed E-state index contributed by atoms with van der Waals surface area (Å²) in [6.07, 6.45) is 0.959. The maximum atomic E-state index is 11.4. The highest BCUT2D eigenvalue weighted by atomic mass is 32.2. The number of hydrogen-bond acceptors (Lipinski definition) is 5. The highest BCUT2D eigenvalue weighted by Gasteiger charge is 2.09. The summed E-state index contributed by atoms with van der Waals surface area (Å²) in [5.41, 5.74) is 0.685. The van der Waals surface area contributed by atoms with Crippen LogP contribution >= 0.6 is 0 Å². The maximum Gasteiger partial charge on any atom is 0.238 e. The Morgan fingerprint density at radius 2 is 1.70 bits per heavy atom. The number of nitrogens with one attached hydrogen (secondary N) is 1. The summed E-state index contributed by atoms with van der Waals surface area (Å²) in [6.45, 7) is 0.188. The van der Waals surface area contributed by atoms with Gasteiger partial charge in [-0.15, -0.1) is 0 Å². The molecule has 1 aromatic carbocycles. The molecule has 0 bridgehead atoms. The molecule has 0 aliphatic rings. The average molecular weight is 320 g/mol. The molecule has 9 heteroatoms. The zero-order valence-electron chi connectivity index (χ0n) is 10.9. The van der Waals surface area contributed by atoms with E-state index in [2.05, 4.69) is 5.32 Å². The van der Waals surface area contributed by atoms with Crippen molar-refractivity contribution in [2.24, 2.45) is 5.14 Å². The number of hydrogen-bond donors (Lipinski definition) is 2. The van der Waals surface area contributed by atoms with Gasteiger partial charge in [0.15, 0.2) is 0 Å². The minimum absolute atomic E-state index is 0.00958. The maximum absolute atomic E-state index is 11.4. The van der Waals surface area contributed by atoms with Crippen LogP contribution < -0.4 is 10.5 Å². The van der Waals surface area contributed by atoms with Crippen LogP contribution in [0, 0.1) is 0 Å². The molecule has 0 unspecified atom stereocenters. The van der Waals surface area contributed by atoms with E-state index >= 15 is 0 Å². The average Bonchev–Trinajstić information content (AvgIpc) is 2.32. The van der Waals surface area contributed by atoms with Gasteiger partial charge in [-0.2, -0.15) is 0 Å². The molecule has 0 saturated carbocycles. The predicted octanol–water partition coefficient (Wildman–Crippen LogP) is -0.615. The van der Waals surface area contributed by atoms with Crippen LogP contribution in [-0.2, 0) is 31.2 Å². The van der Waals surface area contributed by atoms with E-state index in [4.69, 9.17) is 5.14 Å². The Morgan fingerprint density at radius 1 is 1.15 bits per heavy atom. The van der Waals surface area contributed by atoms with E-state index in [0.29, 0.717) is 5.56 Å². The van der Waals surface area contributed by atoms with Gasteiger partial charge in [0.25, 0.3) is 0 Å². The minimum atomic E-state index is -3.73. The predicted molar refractivity (Wildman–Crippen MR) is 74.0 cm³/mol. The number of rotatable bonds is 6. The van der Waals surface area contributed by atoms with Crippen molar-refractivity contribution in [3.05, 3.63) is 29.8 Å². The Morgan fingerprint density at radius 3 is 2.15 bits per heavy atom. The fourth-order valence-corrected chi connectivity index (χ4v) is 2.44. The first kappa shape index (κ1) is 16.6. The molecule has 0 aliphatic carbocycles. The lowest BCUT2D eigenvalue weighted by Crippen LogP contribution is -2.25. The monoisotopic (exact) mass is 320 g/mol. The van der Waals surface area contributed by atoms with Crippen molar-refractivity contribution in [1.82, 2.24) is 5.32 Å². The van der Waals surface area contributed by atoms with Crippen LogP contribution in [-0.4, -0.2) is 34.8 Å². The summed E-state index contributed by atoms with van der Waals surface area (Å²) in [7, 11) is -6.90. The van der Waals surface area contributed by atoms with Gasteiger partial charge in [0.1, 0.15) is 9.84 Å². The molecule has 1 amide bonds. The second-order valence-electron chi connectivity index (χ2n) is 4.35. The van der Waals surface area contributed by atoms with Crippen LogP contribution in [0.4, 0.5) is 0 Å². The third-order valence-corrected chi connectivity index (χ3v) is 4.32. The van der Waals surface area contributed by atoms with E-state index in [1.807, 2.05) is 0 Å². The van der Waals surface area contributed by atoms with Gasteiger partial charge in [-0.25, -0.2) is 22.0 Å². The summed E-state index contributed by atoms with van der Waals surface area (Å²) >= 11 is 0. The van der Waals surface area contributed by atoms with Gasteiger partial charge in [0.05, 0.1) is 10.6 Å². The minimum Gasteiger partial charge on any atom is -0.352 e. The third-order valence-electron chi connectivity index (χ3n) is 2.44. The molecule has 0 fully saturated rings. The van der Waals surface area contributed by atoms with E-state index in [1.165, 1.54) is 24.3 Å². The summed E-state index contributed by atoms with van der Waals surface area (Å²) in [5.74, 6) is -0.589.